The van der Waals surface area contributed by atoms with Crippen LogP contribution < -0.4 is 0 Å². The summed E-state index contributed by atoms with van der Waals surface area (Å²) in [4.78, 5) is 11.2. The van der Waals surface area contributed by atoms with E-state index in [2.05, 4.69) is 39.0 Å². The van der Waals surface area contributed by atoms with Gasteiger partial charge in [0.25, 0.3) is 0 Å². The summed E-state index contributed by atoms with van der Waals surface area (Å²) in [6.45, 7) is 7.02. The Morgan fingerprint density at radius 1 is 1.27 bits per heavy atom. The van der Waals surface area contributed by atoms with Gasteiger partial charge in [-0.1, -0.05) is 76.5 Å². The normalized spacial score (nSPS) is 28.5. The molecule has 5 atom stereocenters. The zero-order chi connectivity index (χ0) is 21.7. The van der Waals surface area contributed by atoms with Crippen molar-refractivity contribution in [3.63, 3.8) is 0 Å². The van der Waals surface area contributed by atoms with E-state index in [1.807, 2.05) is 12.1 Å². The third-order valence-corrected chi connectivity index (χ3v) is 7.71. The molecule has 3 heteroatoms. The average Bonchev–Trinajstić information content (AvgIpc) is 2.72. The number of hydrogen-bond acceptors (Lipinski definition) is 2. The Hall–Kier alpha value is -1.87. The number of carbonyl (C=O) groups is 1. The summed E-state index contributed by atoms with van der Waals surface area (Å²) in [5, 5.41) is 19.5. The number of aliphatic hydroxyl groups is 1. The third kappa shape index (κ3) is 5.24. The molecule has 0 saturated heterocycles. The standard InChI is InChI=1S/C27H38O3/c1-4-5-6-12-23(28)15-14-20-17-22-18-25(27(22,2)3)24(20)13-8-10-19-9-7-11-21(16-19)26(29)30/h7-11,14-16,20,22-25,28H,4-6,12-13,17-18H2,1-3H3,(H,29,30)/b10-8+,15-14+/t20?,22-,23-,24+,25?/m0/s1. The van der Waals surface area contributed by atoms with Gasteiger partial charge in [-0.05, 0) is 72.5 Å². The molecule has 3 aliphatic carbocycles. The van der Waals surface area contributed by atoms with E-state index in [4.69, 9.17) is 0 Å². The van der Waals surface area contributed by atoms with Crippen molar-refractivity contribution in [1.82, 2.24) is 0 Å². The van der Waals surface area contributed by atoms with E-state index < -0.39 is 5.97 Å². The van der Waals surface area contributed by atoms with Crippen molar-refractivity contribution >= 4 is 12.0 Å². The minimum atomic E-state index is -0.887. The van der Waals surface area contributed by atoms with Crippen molar-refractivity contribution in [3.8, 4) is 0 Å². The lowest BCUT2D eigenvalue weighted by atomic mass is 9.43. The summed E-state index contributed by atoms with van der Waals surface area (Å²) in [6, 6.07) is 7.11. The number of fused-ring (bicyclic) bond motifs is 2. The number of aliphatic hydroxyl groups excluding tert-OH is 1. The molecule has 0 heterocycles. The van der Waals surface area contributed by atoms with Crippen molar-refractivity contribution in [2.45, 2.75) is 71.8 Å². The third-order valence-electron chi connectivity index (χ3n) is 7.71. The fourth-order valence-electron chi connectivity index (χ4n) is 5.65. The first-order valence-corrected chi connectivity index (χ1v) is 11.7. The van der Waals surface area contributed by atoms with Crippen LogP contribution in [0, 0.1) is 29.1 Å². The second kappa shape index (κ2) is 9.96. The molecule has 1 aromatic carbocycles. The van der Waals surface area contributed by atoms with Crippen molar-refractivity contribution in [2.75, 3.05) is 0 Å². The first kappa shape index (κ1) is 22.8. The Morgan fingerprint density at radius 2 is 2.07 bits per heavy atom. The van der Waals surface area contributed by atoms with E-state index in [0.29, 0.717) is 22.8 Å². The Bertz CT molecular complexity index is 776. The molecule has 3 aliphatic rings. The number of benzene rings is 1. The Kier molecular flexibility index (Phi) is 7.57. The van der Waals surface area contributed by atoms with Crippen molar-refractivity contribution in [1.29, 1.82) is 0 Å². The van der Waals surface area contributed by atoms with Crippen LogP contribution >= 0.6 is 0 Å². The van der Waals surface area contributed by atoms with Gasteiger partial charge < -0.3 is 10.2 Å². The minimum Gasteiger partial charge on any atom is -0.478 e. The molecule has 3 fully saturated rings. The summed E-state index contributed by atoms with van der Waals surface area (Å²) < 4.78 is 0. The van der Waals surface area contributed by atoms with Gasteiger partial charge in [-0.15, -0.1) is 0 Å². The predicted molar refractivity (Wildman–Crippen MR) is 123 cm³/mol. The van der Waals surface area contributed by atoms with Crippen molar-refractivity contribution in [2.24, 2.45) is 29.1 Å². The van der Waals surface area contributed by atoms with Crippen LogP contribution in [0.15, 0.2) is 42.5 Å². The summed E-state index contributed by atoms with van der Waals surface area (Å²) in [6.07, 6.45) is 16.2. The smallest absolute Gasteiger partial charge is 0.335 e. The topological polar surface area (TPSA) is 57.5 Å². The highest BCUT2D eigenvalue weighted by molar-refractivity contribution is 5.88. The molecule has 0 aliphatic heterocycles. The quantitative estimate of drug-likeness (QED) is 0.338. The molecule has 0 aromatic heterocycles. The van der Waals surface area contributed by atoms with Gasteiger partial charge in [0.15, 0.2) is 0 Å². The van der Waals surface area contributed by atoms with Crippen molar-refractivity contribution < 1.29 is 15.0 Å². The monoisotopic (exact) mass is 410 g/mol. The molecule has 2 unspecified atom stereocenters. The molecule has 0 amide bonds. The maximum atomic E-state index is 11.2. The first-order chi connectivity index (χ1) is 14.3. The highest BCUT2D eigenvalue weighted by Crippen LogP contribution is 2.64. The van der Waals surface area contributed by atoms with E-state index in [-0.39, 0.29) is 6.10 Å². The van der Waals surface area contributed by atoms with Gasteiger partial charge >= 0.3 is 5.97 Å². The number of hydrogen-bond donors (Lipinski definition) is 2. The molecular formula is C27H38O3. The van der Waals surface area contributed by atoms with Gasteiger partial charge in [-0.3, -0.25) is 0 Å². The van der Waals surface area contributed by atoms with E-state index in [9.17, 15) is 15.0 Å². The largest absolute Gasteiger partial charge is 0.478 e. The number of carboxylic acids is 1. The van der Waals surface area contributed by atoms with Crippen LogP contribution in [-0.4, -0.2) is 22.3 Å². The summed E-state index contributed by atoms with van der Waals surface area (Å²) >= 11 is 0. The molecule has 30 heavy (non-hydrogen) atoms. The molecule has 0 spiro atoms. The van der Waals surface area contributed by atoms with Gasteiger partial charge in [0.2, 0.25) is 0 Å². The maximum absolute atomic E-state index is 11.2. The van der Waals surface area contributed by atoms with Crippen LogP contribution in [0.3, 0.4) is 0 Å². The Balaban J connectivity index is 1.65. The van der Waals surface area contributed by atoms with Crippen LogP contribution in [0.25, 0.3) is 6.08 Å². The van der Waals surface area contributed by atoms with Gasteiger partial charge in [0.05, 0.1) is 11.7 Å². The van der Waals surface area contributed by atoms with Crippen LogP contribution in [0.5, 0.6) is 0 Å². The minimum absolute atomic E-state index is 0.322. The maximum Gasteiger partial charge on any atom is 0.335 e. The Morgan fingerprint density at radius 3 is 2.77 bits per heavy atom. The second-order valence-electron chi connectivity index (χ2n) is 9.94. The lowest BCUT2D eigenvalue weighted by molar-refractivity contribution is -0.123. The van der Waals surface area contributed by atoms with E-state index >= 15 is 0 Å². The van der Waals surface area contributed by atoms with Gasteiger partial charge in [-0.25, -0.2) is 4.79 Å². The molecule has 3 nitrogen and oxygen atoms in total. The zero-order valence-corrected chi connectivity index (χ0v) is 18.8. The van der Waals surface area contributed by atoms with Crippen LogP contribution in [0.2, 0.25) is 0 Å². The summed E-state index contributed by atoms with van der Waals surface area (Å²) in [5.74, 6) is 1.74. The number of aromatic carboxylic acids is 1. The molecular weight excluding hydrogens is 372 g/mol. The SMILES string of the molecule is CCCCC[C@H](O)/C=C/C1C[C@H]2CC([C@@H]1C/C=C/c1cccc(C(=O)O)c1)C2(C)C. The van der Waals surface area contributed by atoms with E-state index in [0.717, 1.165) is 36.7 Å². The molecule has 3 saturated carbocycles. The first-order valence-electron chi connectivity index (χ1n) is 11.7. The highest BCUT2D eigenvalue weighted by atomic mass is 16.4. The number of allylic oxidation sites excluding steroid dienone is 2. The summed E-state index contributed by atoms with van der Waals surface area (Å²) in [5.41, 5.74) is 1.68. The average molecular weight is 411 g/mol. The fraction of sp³-hybridized carbons (Fsp3) is 0.593. The van der Waals surface area contributed by atoms with Crippen LogP contribution in [0.4, 0.5) is 0 Å². The second-order valence-corrected chi connectivity index (χ2v) is 9.94. The zero-order valence-electron chi connectivity index (χ0n) is 18.8. The van der Waals surface area contributed by atoms with E-state index in [1.165, 1.54) is 25.7 Å². The van der Waals surface area contributed by atoms with Gasteiger partial charge in [-0.2, -0.15) is 0 Å². The van der Waals surface area contributed by atoms with Crippen LogP contribution in [-0.2, 0) is 0 Å². The van der Waals surface area contributed by atoms with Crippen molar-refractivity contribution in [3.05, 3.63) is 53.6 Å². The van der Waals surface area contributed by atoms with Gasteiger partial charge in [0.1, 0.15) is 0 Å². The molecule has 0 radical (unpaired) electrons. The number of carboxylic acid groups (broad SMARTS) is 1. The molecule has 2 N–H and O–H groups in total. The van der Waals surface area contributed by atoms with E-state index in [1.54, 1.807) is 18.2 Å². The van der Waals surface area contributed by atoms with Crippen LogP contribution in [0.1, 0.15) is 81.6 Å². The number of rotatable bonds is 10. The predicted octanol–water partition coefficient (Wildman–Crippen LogP) is 6.58. The molecule has 2 bridgehead atoms. The lowest BCUT2D eigenvalue weighted by Crippen LogP contribution is -2.55. The lowest BCUT2D eigenvalue weighted by Gasteiger charge is -2.62. The number of unbranched alkanes of at least 4 members (excludes halogenated alkanes) is 2. The summed E-state index contributed by atoms with van der Waals surface area (Å²) in [7, 11) is 0. The molecule has 164 valence electrons. The molecule has 1 aromatic rings. The fourth-order valence-corrected chi connectivity index (χ4v) is 5.65. The van der Waals surface area contributed by atoms with Gasteiger partial charge in [0, 0.05) is 0 Å². The molecule has 4 rings (SSSR count). The Labute approximate surface area is 181 Å². The highest BCUT2D eigenvalue weighted by Gasteiger charge is 2.56.